The van der Waals surface area contributed by atoms with Gasteiger partial charge in [0.2, 0.25) is 0 Å². The van der Waals surface area contributed by atoms with Crippen LogP contribution < -0.4 is 9.47 Å². The molecular weight excluding hydrogens is 891 g/mol. The number of nitrogens with zero attached hydrogens (tertiary/aromatic N) is 12. The standard InChI is InChI=1S/2C24H21F3N6O/c2*1-14-12-32(13-29-14)24-20(34-2)8-15(11-28-24)5-6-21-30-23-17(4-3-7-33(23)31-21)16-9-18(25)22(27)19(26)10-16/h2*5-6,8-13,17H,3-4,7H2,1-2H3/b2*6-5+/t2*17-/m10/s1. The van der Waals surface area contributed by atoms with E-state index in [9.17, 15) is 26.3 Å². The second kappa shape index (κ2) is 19.1. The Bertz CT molecular complexity index is 2950. The molecule has 6 aromatic heterocycles. The summed E-state index contributed by atoms with van der Waals surface area (Å²) >= 11 is 0. The van der Waals surface area contributed by atoms with Crippen LogP contribution >= 0.6 is 0 Å². The van der Waals surface area contributed by atoms with Crippen molar-refractivity contribution in [3.8, 4) is 23.1 Å². The van der Waals surface area contributed by atoms with Crippen LogP contribution in [0.25, 0.3) is 35.9 Å². The maximum Gasteiger partial charge on any atom is 0.194 e. The summed E-state index contributed by atoms with van der Waals surface area (Å²) in [6.45, 7) is 5.08. The molecule has 0 spiro atoms. The van der Waals surface area contributed by atoms with Gasteiger partial charge in [0.15, 0.2) is 69.7 Å². The van der Waals surface area contributed by atoms with Crippen LogP contribution in [-0.4, -0.2) is 72.8 Å². The fourth-order valence-corrected chi connectivity index (χ4v) is 8.25. The van der Waals surface area contributed by atoms with Crippen LogP contribution in [-0.2, 0) is 13.1 Å². The van der Waals surface area contributed by atoms with Gasteiger partial charge >= 0.3 is 0 Å². The van der Waals surface area contributed by atoms with Crippen molar-refractivity contribution < 1.29 is 35.8 Å². The molecule has 0 saturated heterocycles. The summed E-state index contributed by atoms with van der Waals surface area (Å²) in [6, 6.07) is 7.82. The number of hydrogen-bond acceptors (Lipinski definition) is 10. The highest BCUT2D eigenvalue weighted by atomic mass is 19.2. The summed E-state index contributed by atoms with van der Waals surface area (Å²) in [5.41, 5.74) is 3.99. The van der Waals surface area contributed by atoms with Crippen LogP contribution in [0.3, 0.4) is 0 Å². The average Bonchev–Trinajstić information content (AvgIpc) is 4.17. The van der Waals surface area contributed by atoms with Gasteiger partial charge < -0.3 is 9.47 Å². The summed E-state index contributed by atoms with van der Waals surface area (Å²) in [4.78, 5) is 26.6. The first-order valence-corrected chi connectivity index (χ1v) is 21.5. The fourth-order valence-electron chi connectivity index (χ4n) is 8.25. The first kappa shape index (κ1) is 45.3. The largest absolute Gasteiger partial charge is 0.493 e. The molecule has 0 amide bonds. The lowest BCUT2D eigenvalue weighted by Crippen LogP contribution is -2.18. The van der Waals surface area contributed by atoms with Gasteiger partial charge in [-0.2, -0.15) is 10.2 Å². The van der Waals surface area contributed by atoms with Crippen molar-refractivity contribution in [1.29, 1.82) is 0 Å². The lowest BCUT2D eigenvalue weighted by atomic mass is 9.91. The minimum absolute atomic E-state index is 0.347. The number of aryl methyl sites for hydroxylation is 4. The van der Waals surface area contributed by atoms with E-state index in [4.69, 9.17) is 9.47 Å². The van der Waals surface area contributed by atoms with Gasteiger partial charge in [-0.05, 0) is 122 Å². The van der Waals surface area contributed by atoms with Crippen LogP contribution in [0.2, 0.25) is 0 Å². The number of hydrogen-bond donors (Lipinski definition) is 0. The molecule has 8 aromatic rings. The van der Waals surface area contributed by atoms with Crippen LogP contribution in [0.5, 0.6) is 11.5 Å². The maximum absolute atomic E-state index is 13.8. The van der Waals surface area contributed by atoms with Crippen LogP contribution in [0, 0.1) is 48.8 Å². The first-order chi connectivity index (χ1) is 32.8. The molecule has 68 heavy (non-hydrogen) atoms. The number of ether oxygens (including phenoxy) is 2. The van der Waals surface area contributed by atoms with E-state index in [1.54, 1.807) is 69.9 Å². The Hall–Kier alpha value is -7.90. The van der Waals surface area contributed by atoms with Gasteiger partial charge in [-0.15, -0.1) is 0 Å². The summed E-state index contributed by atoms with van der Waals surface area (Å²) in [5, 5.41) is 9.02. The molecule has 8 heterocycles. The van der Waals surface area contributed by atoms with Crippen molar-refractivity contribution in [2.75, 3.05) is 14.2 Å². The Kier molecular flexibility index (Phi) is 12.7. The zero-order valence-corrected chi connectivity index (χ0v) is 37.1. The molecular formula is C48H42F6N12O2. The Morgan fingerprint density at radius 3 is 1.29 bits per heavy atom. The minimum atomic E-state index is -1.47. The second-order valence-corrected chi connectivity index (χ2v) is 16.2. The molecule has 0 fully saturated rings. The molecule has 0 radical (unpaired) electrons. The van der Waals surface area contributed by atoms with E-state index in [1.165, 1.54) is 0 Å². The summed E-state index contributed by atoms with van der Waals surface area (Å²) in [7, 11) is 3.15. The molecule has 2 aliphatic rings. The average molecular weight is 933 g/mol. The summed E-state index contributed by atoms with van der Waals surface area (Å²) < 4.78 is 100. The molecule has 0 bridgehead atoms. The van der Waals surface area contributed by atoms with Crippen molar-refractivity contribution >= 4 is 24.3 Å². The minimum Gasteiger partial charge on any atom is -0.493 e. The normalized spacial score (nSPS) is 15.6. The number of fused-ring (bicyclic) bond motifs is 2. The van der Waals surface area contributed by atoms with Crippen molar-refractivity contribution in [3.05, 3.63) is 166 Å². The van der Waals surface area contributed by atoms with Crippen LogP contribution in [0.1, 0.15) is 94.5 Å². The molecule has 2 aliphatic heterocycles. The third-order valence-electron chi connectivity index (χ3n) is 11.5. The second-order valence-electron chi connectivity index (χ2n) is 16.2. The van der Waals surface area contributed by atoms with E-state index in [1.807, 2.05) is 50.5 Å². The number of pyridine rings is 2. The number of aromatic nitrogens is 12. The van der Waals surface area contributed by atoms with Crippen molar-refractivity contribution in [1.82, 2.24) is 58.6 Å². The van der Waals surface area contributed by atoms with Gasteiger partial charge in [0, 0.05) is 49.7 Å². The van der Waals surface area contributed by atoms with Crippen LogP contribution in [0.4, 0.5) is 26.3 Å². The Balaban J connectivity index is 0.000000170. The topological polar surface area (TPSA) is 141 Å². The van der Waals surface area contributed by atoms with Gasteiger partial charge in [-0.1, -0.05) is 0 Å². The van der Waals surface area contributed by atoms with Crippen molar-refractivity contribution in [2.45, 2.75) is 64.5 Å². The highest BCUT2D eigenvalue weighted by Gasteiger charge is 2.29. The molecule has 2 aromatic carbocycles. The van der Waals surface area contributed by atoms with E-state index in [-0.39, 0.29) is 11.8 Å². The predicted molar refractivity (Wildman–Crippen MR) is 238 cm³/mol. The monoisotopic (exact) mass is 932 g/mol. The molecule has 20 heteroatoms. The van der Waals surface area contributed by atoms with Gasteiger partial charge in [0.25, 0.3) is 0 Å². The third kappa shape index (κ3) is 9.38. The molecule has 0 N–H and O–H groups in total. The van der Waals surface area contributed by atoms with E-state index >= 15 is 0 Å². The number of rotatable bonds is 10. The number of methoxy groups -OCH3 is 2. The SMILES string of the molecule is COc1cc(/C=C/c2nc3n(n2)CCC[C@@H]3c2cc(F)c(F)c(F)c2)cnc1-n1cnc(C)c1.COc1cc(/C=C/c2nc3n(n2)CCC[C@H]3c2cc(F)c(F)c(F)c2)cnc1-n1cnc(C)c1. The highest BCUT2D eigenvalue weighted by Crippen LogP contribution is 2.35. The third-order valence-corrected chi connectivity index (χ3v) is 11.5. The van der Waals surface area contributed by atoms with Gasteiger partial charge in [-0.25, -0.2) is 65.6 Å². The zero-order chi connectivity index (χ0) is 47.6. The zero-order valence-electron chi connectivity index (χ0n) is 37.1. The first-order valence-electron chi connectivity index (χ1n) is 21.5. The molecule has 0 saturated carbocycles. The maximum atomic E-state index is 13.8. The van der Waals surface area contributed by atoms with Gasteiger partial charge in [0.1, 0.15) is 24.3 Å². The van der Waals surface area contributed by atoms with Crippen LogP contribution in [0.15, 0.2) is 73.8 Å². The lowest BCUT2D eigenvalue weighted by molar-refractivity contribution is 0.410. The molecule has 348 valence electrons. The predicted octanol–water partition coefficient (Wildman–Crippen LogP) is 9.38. The van der Waals surface area contributed by atoms with Gasteiger partial charge in [0.05, 0.1) is 25.6 Å². The smallest absolute Gasteiger partial charge is 0.194 e. The van der Waals surface area contributed by atoms with E-state index in [0.29, 0.717) is 83.5 Å². The Morgan fingerprint density at radius 2 is 0.941 bits per heavy atom. The Morgan fingerprint density at radius 1 is 0.544 bits per heavy atom. The summed E-state index contributed by atoms with van der Waals surface area (Å²) in [6.07, 6.45) is 20.4. The quantitative estimate of drug-likeness (QED) is 0.0962. The van der Waals surface area contributed by atoms with Crippen molar-refractivity contribution in [2.24, 2.45) is 0 Å². The molecule has 0 aliphatic carbocycles. The van der Waals surface area contributed by atoms with Crippen molar-refractivity contribution in [3.63, 3.8) is 0 Å². The Labute approximate surface area is 385 Å². The fraction of sp³-hybridized carbons (Fsp3) is 0.250. The number of halogens is 6. The molecule has 14 nitrogen and oxygen atoms in total. The summed E-state index contributed by atoms with van der Waals surface area (Å²) in [5.74, 6) is -3.99. The number of imidazole rings is 2. The molecule has 2 atom stereocenters. The van der Waals surface area contributed by atoms with E-state index in [2.05, 4.69) is 40.1 Å². The van der Waals surface area contributed by atoms with Gasteiger partial charge in [-0.3, -0.25) is 9.13 Å². The molecule has 10 rings (SSSR count). The number of benzene rings is 2. The lowest BCUT2D eigenvalue weighted by Gasteiger charge is -2.22. The molecule has 0 unspecified atom stereocenters. The van der Waals surface area contributed by atoms with E-state index in [0.717, 1.165) is 59.6 Å². The van der Waals surface area contributed by atoms with E-state index < -0.39 is 34.9 Å². The highest BCUT2D eigenvalue weighted by molar-refractivity contribution is 5.69.